The lowest BCUT2D eigenvalue weighted by Crippen LogP contribution is -2.33. The molecule has 0 saturated heterocycles. The van der Waals surface area contributed by atoms with E-state index in [2.05, 4.69) is 16.8 Å². The fourth-order valence-electron chi connectivity index (χ4n) is 2.15. The van der Waals surface area contributed by atoms with E-state index in [-0.39, 0.29) is 6.10 Å². The van der Waals surface area contributed by atoms with E-state index in [9.17, 15) is 5.11 Å². The first-order chi connectivity index (χ1) is 7.74. The minimum absolute atomic E-state index is 0.176. The van der Waals surface area contributed by atoms with E-state index in [1.54, 1.807) is 0 Å². The highest BCUT2D eigenvalue weighted by Crippen LogP contribution is 2.09. The topological polar surface area (TPSA) is 35.8 Å². The van der Waals surface area contributed by atoms with Gasteiger partial charge in [0.25, 0.3) is 0 Å². The highest BCUT2D eigenvalue weighted by molar-refractivity contribution is 5.81. The summed E-state index contributed by atoms with van der Waals surface area (Å²) in [5.74, 6) is 1.09. The van der Waals surface area contributed by atoms with Crippen LogP contribution in [0.5, 0.6) is 0 Å². The Morgan fingerprint density at radius 3 is 2.69 bits per heavy atom. The Labute approximate surface area is 99.6 Å². The van der Waals surface area contributed by atoms with Crippen LogP contribution in [0.4, 0.5) is 0 Å². The van der Waals surface area contributed by atoms with Crippen LogP contribution in [0.3, 0.4) is 0 Å². The number of hydrogen-bond acceptors (Lipinski definition) is 3. The summed E-state index contributed by atoms with van der Waals surface area (Å²) in [7, 11) is 0. The number of aliphatic hydroxyl groups is 1. The van der Waals surface area contributed by atoms with Crippen molar-refractivity contribution < 1.29 is 5.11 Å². The Balaban J connectivity index is 2.02. The largest absolute Gasteiger partial charge is 0.391 e. The summed E-state index contributed by atoms with van der Waals surface area (Å²) >= 11 is 0. The van der Waals surface area contributed by atoms with Gasteiger partial charge < -0.3 is 10.0 Å². The van der Waals surface area contributed by atoms with Crippen LogP contribution < -0.4 is 0 Å². The number of β-amino-alcohol motifs (C(OH)–C–C–N with tert-alkyl or cyclic N) is 1. The predicted molar refractivity (Wildman–Crippen MR) is 68.9 cm³/mol. The van der Waals surface area contributed by atoms with Crippen molar-refractivity contribution >= 4 is 5.84 Å². The van der Waals surface area contributed by atoms with Gasteiger partial charge in [-0.3, -0.25) is 4.99 Å². The van der Waals surface area contributed by atoms with Gasteiger partial charge in [-0.15, -0.1) is 0 Å². The summed E-state index contributed by atoms with van der Waals surface area (Å²) in [6, 6.07) is 0. The molecule has 0 aromatic carbocycles. The van der Waals surface area contributed by atoms with E-state index in [1.807, 2.05) is 6.92 Å². The molecule has 0 bridgehead atoms. The quantitative estimate of drug-likeness (QED) is 0.645. The molecule has 1 aliphatic rings. The molecule has 1 heterocycles. The molecular weight excluding hydrogens is 200 g/mol. The van der Waals surface area contributed by atoms with Crippen LogP contribution in [0.25, 0.3) is 0 Å². The fraction of sp³-hybridized carbons (Fsp3) is 0.923. The summed E-state index contributed by atoms with van der Waals surface area (Å²) in [6.45, 7) is 6.90. The van der Waals surface area contributed by atoms with Crippen molar-refractivity contribution in [3.63, 3.8) is 0 Å². The van der Waals surface area contributed by atoms with Gasteiger partial charge in [0.1, 0.15) is 0 Å². The van der Waals surface area contributed by atoms with Crippen LogP contribution in [0.1, 0.15) is 52.4 Å². The first-order valence-corrected chi connectivity index (χ1v) is 6.68. The molecule has 0 fully saturated rings. The lowest BCUT2D eigenvalue weighted by molar-refractivity contribution is 0.133. The second kappa shape index (κ2) is 7.66. The Bertz CT molecular complexity index is 216. The van der Waals surface area contributed by atoms with Gasteiger partial charge in [-0.2, -0.15) is 0 Å². The zero-order valence-electron chi connectivity index (χ0n) is 10.8. The van der Waals surface area contributed by atoms with Gasteiger partial charge in [0.15, 0.2) is 0 Å². The van der Waals surface area contributed by atoms with Gasteiger partial charge in [-0.25, -0.2) is 0 Å². The molecule has 1 atom stereocenters. The third-order valence-electron chi connectivity index (χ3n) is 3.24. The van der Waals surface area contributed by atoms with Gasteiger partial charge in [0.2, 0.25) is 0 Å². The van der Waals surface area contributed by atoms with Crippen molar-refractivity contribution in [3.8, 4) is 0 Å². The van der Waals surface area contributed by atoms with Crippen LogP contribution in [0, 0.1) is 0 Å². The van der Waals surface area contributed by atoms with E-state index in [1.165, 1.54) is 25.7 Å². The van der Waals surface area contributed by atoms with Crippen molar-refractivity contribution in [2.75, 3.05) is 19.6 Å². The first-order valence-electron chi connectivity index (χ1n) is 6.68. The molecule has 0 spiro atoms. The second-order valence-electron chi connectivity index (χ2n) is 4.73. The highest BCUT2D eigenvalue weighted by Gasteiger charge is 2.15. The standard InChI is InChI=1S/C13H26N2O/c1-3-4-5-6-7-8-13(16)11-15-10-9-14-12(15)2/h13,16H,3-11H2,1-2H3. The Morgan fingerprint density at radius 2 is 2.06 bits per heavy atom. The maximum absolute atomic E-state index is 9.89. The monoisotopic (exact) mass is 226 g/mol. The molecule has 0 radical (unpaired) electrons. The molecule has 1 aliphatic heterocycles. The number of hydrogen-bond donors (Lipinski definition) is 1. The molecule has 0 aromatic heterocycles. The molecule has 0 saturated carbocycles. The third-order valence-corrected chi connectivity index (χ3v) is 3.24. The van der Waals surface area contributed by atoms with Crippen molar-refractivity contribution in [3.05, 3.63) is 0 Å². The number of rotatable bonds is 8. The lowest BCUT2D eigenvalue weighted by Gasteiger charge is -2.21. The number of aliphatic imine (C=N–C) groups is 1. The number of unbranched alkanes of at least 4 members (excludes halogenated alkanes) is 4. The summed E-state index contributed by atoms with van der Waals surface area (Å²) < 4.78 is 0. The summed E-state index contributed by atoms with van der Waals surface area (Å²) in [6.07, 6.45) is 7.11. The Hall–Kier alpha value is -0.570. The summed E-state index contributed by atoms with van der Waals surface area (Å²) in [5.41, 5.74) is 0. The molecule has 1 unspecified atom stereocenters. The minimum Gasteiger partial charge on any atom is -0.391 e. The summed E-state index contributed by atoms with van der Waals surface area (Å²) in [5, 5.41) is 9.89. The van der Waals surface area contributed by atoms with Crippen LogP contribution in [0.2, 0.25) is 0 Å². The van der Waals surface area contributed by atoms with Crippen LogP contribution in [0.15, 0.2) is 4.99 Å². The van der Waals surface area contributed by atoms with Gasteiger partial charge in [0.05, 0.1) is 18.5 Å². The van der Waals surface area contributed by atoms with E-state index >= 15 is 0 Å². The highest BCUT2D eigenvalue weighted by atomic mass is 16.3. The molecule has 94 valence electrons. The number of amidine groups is 1. The maximum Gasteiger partial charge on any atom is 0.0959 e. The maximum atomic E-state index is 9.89. The number of aliphatic hydroxyl groups excluding tert-OH is 1. The zero-order chi connectivity index (χ0) is 11.8. The third kappa shape index (κ3) is 4.97. The average Bonchev–Trinajstić information content (AvgIpc) is 2.64. The first kappa shape index (κ1) is 13.5. The van der Waals surface area contributed by atoms with Gasteiger partial charge in [-0.05, 0) is 13.3 Å². The smallest absolute Gasteiger partial charge is 0.0959 e. The van der Waals surface area contributed by atoms with Crippen molar-refractivity contribution in [1.29, 1.82) is 0 Å². The Kier molecular flexibility index (Phi) is 6.46. The molecule has 0 amide bonds. The number of nitrogens with zero attached hydrogens (tertiary/aromatic N) is 2. The van der Waals surface area contributed by atoms with E-state index in [0.29, 0.717) is 0 Å². The molecule has 3 heteroatoms. The fourth-order valence-corrected chi connectivity index (χ4v) is 2.15. The van der Waals surface area contributed by atoms with Crippen molar-refractivity contribution in [2.45, 2.75) is 58.5 Å². The van der Waals surface area contributed by atoms with E-state index in [4.69, 9.17) is 0 Å². The normalized spacial score (nSPS) is 17.7. The van der Waals surface area contributed by atoms with Crippen molar-refractivity contribution in [1.82, 2.24) is 4.90 Å². The van der Waals surface area contributed by atoms with Gasteiger partial charge in [-0.1, -0.05) is 39.0 Å². The van der Waals surface area contributed by atoms with Gasteiger partial charge in [0, 0.05) is 13.1 Å². The molecule has 1 rings (SSSR count). The second-order valence-corrected chi connectivity index (χ2v) is 4.73. The molecule has 0 aliphatic carbocycles. The molecule has 3 nitrogen and oxygen atoms in total. The molecule has 16 heavy (non-hydrogen) atoms. The van der Waals surface area contributed by atoms with Crippen molar-refractivity contribution in [2.24, 2.45) is 4.99 Å². The van der Waals surface area contributed by atoms with Crippen LogP contribution >= 0.6 is 0 Å². The molecular formula is C13H26N2O. The molecule has 1 N–H and O–H groups in total. The van der Waals surface area contributed by atoms with E-state index < -0.39 is 0 Å². The van der Waals surface area contributed by atoms with E-state index in [0.717, 1.165) is 38.3 Å². The summed E-state index contributed by atoms with van der Waals surface area (Å²) in [4.78, 5) is 6.51. The van der Waals surface area contributed by atoms with Crippen LogP contribution in [-0.4, -0.2) is 41.6 Å². The zero-order valence-corrected chi connectivity index (χ0v) is 10.8. The predicted octanol–water partition coefficient (Wildman–Crippen LogP) is 2.44. The minimum atomic E-state index is -0.176. The molecule has 0 aromatic rings. The SMILES string of the molecule is CCCCCCCC(O)CN1CCN=C1C. The van der Waals surface area contributed by atoms with Gasteiger partial charge >= 0.3 is 0 Å². The average molecular weight is 226 g/mol. The Morgan fingerprint density at radius 1 is 1.31 bits per heavy atom. The lowest BCUT2D eigenvalue weighted by atomic mass is 10.1. The van der Waals surface area contributed by atoms with Crippen LogP contribution in [-0.2, 0) is 0 Å².